The van der Waals surface area contributed by atoms with E-state index >= 15 is 0 Å². The highest BCUT2D eigenvalue weighted by atomic mass is 19.2. The summed E-state index contributed by atoms with van der Waals surface area (Å²) in [5, 5.41) is 0. The fourth-order valence-electron chi connectivity index (χ4n) is 1.16. The quantitative estimate of drug-likeness (QED) is 0.676. The van der Waals surface area contributed by atoms with Crippen LogP contribution >= 0.6 is 0 Å². The summed E-state index contributed by atoms with van der Waals surface area (Å²) >= 11 is 0. The Morgan fingerprint density at radius 3 is 2.81 bits per heavy atom. The average molecular weight is 222 g/mol. The fraction of sp³-hybridized carbons (Fsp3) is 0.231. The van der Waals surface area contributed by atoms with Gasteiger partial charge < -0.3 is 9.47 Å². The number of alkyl halides is 1. The Morgan fingerprint density at radius 2 is 2.19 bits per heavy atom. The van der Waals surface area contributed by atoms with Crippen molar-refractivity contribution in [2.24, 2.45) is 0 Å². The van der Waals surface area contributed by atoms with Crippen molar-refractivity contribution in [3.8, 4) is 5.75 Å². The predicted molar refractivity (Wildman–Crippen MR) is 61.8 cm³/mol. The van der Waals surface area contributed by atoms with Crippen molar-refractivity contribution in [2.75, 3.05) is 0 Å². The van der Waals surface area contributed by atoms with Crippen LogP contribution in [-0.2, 0) is 11.3 Å². The molecule has 0 radical (unpaired) electrons. The summed E-state index contributed by atoms with van der Waals surface area (Å²) in [5.74, 6) is 0.575. The summed E-state index contributed by atoms with van der Waals surface area (Å²) < 4.78 is 21.8. The van der Waals surface area contributed by atoms with Gasteiger partial charge in [-0.05, 0) is 13.0 Å². The Morgan fingerprint density at radius 1 is 1.44 bits per heavy atom. The number of hydrogen-bond acceptors (Lipinski definition) is 2. The number of halogens is 1. The van der Waals surface area contributed by atoms with Gasteiger partial charge in [0, 0.05) is 5.56 Å². The normalized spacial score (nSPS) is 18.0. The summed E-state index contributed by atoms with van der Waals surface area (Å²) in [7, 11) is 0. The number of allylic oxidation sites excluding steroid dienone is 3. The third-order valence-electron chi connectivity index (χ3n) is 1.89. The molecule has 1 aliphatic rings. The first kappa shape index (κ1) is 12.5. The van der Waals surface area contributed by atoms with Crippen LogP contribution in [0.5, 0.6) is 5.75 Å². The Balaban J connectivity index is 0.000000221. The smallest absolute Gasteiger partial charge is 0.353 e. The third kappa shape index (κ3) is 3.87. The standard InChI is InChI=1S/C8H7FO2.C5H8/c9-8-10-5-6-3-1-2-4-7(6)11-8;1-3-5-4-2/h1-4,8H,5H2;3-5H,1H2,2H3. The molecule has 0 aromatic heterocycles. The summed E-state index contributed by atoms with van der Waals surface area (Å²) in [6, 6.07) is 7.24. The maximum Gasteiger partial charge on any atom is 0.353 e. The molecular formula is C13H15FO2. The Hall–Kier alpha value is -1.61. The number of fused-ring (bicyclic) bond motifs is 1. The number of benzene rings is 1. The predicted octanol–water partition coefficient (Wildman–Crippen LogP) is 3.60. The topological polar surface area (TPSA) is 18.5 Å². The van der Waals surface area contributed by atoms with Gasteiger partial charge in [-0.3, -0.25) is 0 Å². The lowest BCUT2D eigenvalue weighted by Crippen LogP contribution is -2.20. The van der Waals surface area contributed by atoms with Crippen LogP contribution in [0.25, 0.3) is 0 Å². The molecular weight excluding hydrogens is 207 g/mol. The van der Waals surface area contributed by atoms with Crippen LogP contribution < -0.4 is 4.74 Å². The Labute approximate surface area is 95.0 Å². The number of ether oxygens (including phenoxy) is 2. The summed E-state index contributed by atoms with van der Waals surface area (Å²) in [4.78, 5) is 0. The number of rotatable bonds is 1. The average Bonchev–Trinajstić information content (AvgIpc) is 2.31. The van der Waals surface area contributed by atoms with Gasteiger partial charge in [0.15, 0.2) is 0 Å². The second kappa shape index (κ2) is 6.80. The van der Waals surface area contributed by atoms with E-state index in [1.807, 2.05) is 31.2 Å². The molecule has 0 spiro atoms. The van der Waals surface area contributed by atoms with E-state index in [1.165, 1.54) is 0 Å². The number of hydrogen-bond donors (Lipinski definition) is 0. The summed E-state index contributed by atoms with van der Waals surface area (Å²) in [5.41, 5.74) is 0.890. The van der Waals surface area contributed by atoms with Crippen molar-refractivity contribution < 1.29 is 13.9 Å². The van der Waals surface area contributed by atoms with Gasteiger partial charge in [0.2, 0.25) is 0 Å². The van der Waals surface area contributed by atoms with Crippen molar-refractivity contribution in [2.45, 2.75) is 20.1 Å². The van der Waals surface area contributed by atoms with E-state index in [0.717, 1.165) is 5.56 Å². The van der Waals surface area contributed by atoms with Crippen molar-refractivity contribution in [3.63, 3.8) is 0 Å². The van der Waals surface area contributed by atoms with Crippen LogP contribution in [0, 0.1) is 0 Å². The molecule has 0 aliphatic carbocycles. The monoisotopic (exact) mass is 222 g/mol. The highest BCUT2D eigenvalue weighted by Gasteiger charge is 2.17. The molecule has 0 saturated heterocycles. The van der Waals surface area contributed by atoms with E-state index in [0.29, 0.717) is 5.75 Å². The van der Waals surface area contributed by atoms with Gasteiger partial charge in [-0.1, -0.05) is 43.0 Å². The lowest BCUT2D eigenvalue weighted by molar-refractivity contribution is -0.187. The second-order valence-corrected chi connectivity index (χ2v) is 3.07. The van der Waals surface area contributed by atoms with E-state index in [1.54, 1.807) is 18.2 Å². The van der Waals surface area contributed by atoms with Gasteiger partial charge in [0.1, 0.15) is 5.75 Å². The molecule has 2 nitrogen and oxygen atoms in total. The molecule has 3 heteroatoms. The fourth-order valence-corrected chi connectivity index (χ4v) is 1.16. The van der Waals surface area contributed by atoms with Crippen LogP contribution in [-0.4, -0.2) is 6.54 Å². The van der Waals surface area contributed by atoms with Gasteiger partial charge >= 0.3 is 6.54 Å². The minimum Gasteiger partial charge on any atom is -0.438 e. The molecule has 0 N–H and O–H groups in total. The maximum absolute atomic E-state index is 12.4. The van der Waals surface area contributed by atoms with Gasteiger partial charge in [0.25, 0.3) is 0 Å². The molecule has 1 aromatic carbocycles. The summed E-state index contributed by atoms with van der Waals surface area (Å²) in [6.07, 6.45) is 5.58. The van der Waals surface area contributed by atoms with E-state index in [4.69, 9.17) is 4.74 Å². The van der Waals surface area contributed by atoms with Crippen LogP contribution in [0.4, 0.5) is 4.39 Å². The molecule has 0 fully saturated rings. The number of para-hydroxylation sites is 1. The second-order valence-electron chi connectivity index (χ2n) is 3.07. The summed E-state index contributed by atoms with van der Waals surface area (Å²) in [6.45, 7) is 4.11. The van der Waals surface area contributed by atoms with Gasteiger partial charge in [0.05, 0.1) is 6.61 Å². The van der Waals surface area contributed by atoms with Gasteiger partial charge in [-0.2, -0.15) is 4.39 Å². The molecule has 2 rings (SSSR count). The minimum absolute atomic E-state index is 0.289. The SMILES string of the molecule is C=CC=CC.FC1OCc2ccccc2O1. The highest BCUT2D eigenvalue weighted by molar-refractivity contribution is 5.33. The van der Waals surface area contributed by atoms with E-state index in [9.17, 15) is 4.39 Å². The molecule has 0 amide bonds. The highest BCUT2D eigenvalue weighted by Crippen LogP contribution is 2.25. The zero-order valence-electron chi connectivity index (χ0n) is 9.23. The molecule has 0 saturated carbocycles. The molecule has 1 aliphatic heterocycles. The molecule has 1 atom stereocenters. The van der Waals surface area contributed by atoms with Crippen LogP contribution in [0.3, 0.4) is 0 Å². The zero-order chi connectivity index (χ0) is 11.8. The van der Waals surface area contributed by atoms with E-state index in [-0.39, 0.29) is 6.61 Å². The van der Waals surface area contributed by atoms with E-state index < -0.39 is 6.54 Å². The lowest BCUT2D eigenvalue weighted by Gasteiger charge is -2.19. The molecule has 1 unspecified atom stereocenters. The molecule has 16 heavy (non-hydrogen) atoms. The first-order chi connectivity index (χ1) is 7.77. The largest absolute Gasteiger partial charge is 0.438 e. The first-order valence-corrected chi connectivity index (χ1v) is 5.02. The minimum atomic E-state index is -1.61. The third-order valence-corrected chi connectivity index (χ3v) is 1.89. The Kier molecular flexibility index (Phi) is 5.29. The van der Waals surface area contributed by atoms with Crippen molar-refractivity contribution in [3.05, 3.63) is 54.6 Å². The van der Waals surface area contributed by atoms with Crippen LogP contribution in [0.1, 0.15) is 12.5 Å². The van der Waals surface area contributed by atoms with Crippen molar-refractivity contribution in [1.29, 1.82) is 0 Å². The van der Waals surface area contributed by atoms with Crippen molar-refractivity contribution in [1.82, 2.24) is 0 Å². The van der Waals surface area contributed by atoms with Gasteiger partial charge in [-0.15, -0.1) is 0 Å². The first-order valence-electron chi connectivity index (χ1n) is 5.02. The molecule has 0 bridgehead atoms. The van der Waals surface area contributed by atoms with E-state index in [2.05, 4.69) is 11.3 Å². The van der Waals surface area contributed by atoms with Crippen LogP contribution in [0.15, 0.2) is 49.1 Å². The lowest BCUT2D eigenvalue weighted by atomic mass is 10.2. The zero-order valence-corrected chi connectivity index (χ0v) is 9.23. The molecule has 1 aromatic rings. The molecule has 1 heterocycles. The van der Waals surface area contributed by atoms with Crippen molar-refractivity contribution >= 4 is 0 Å². The van der Waals surface area contributed by atoms with Crippen LogP contribution in [0.2, 0.25) is 0 Å². The van der Waals surface area contributed by atoms with Gasteiger partial charge in [-0.25, -0.2) is 0 Å². The maximum atomic E-state index is 12.4. The molecule has 86 valence electrons. The Bertz CT molecular complexity index is 361.